The lowest BCUT2D eigenvalue weighted by Crippen LogP contribution is -2.03. The van der Waals surface area contributed by atoms with Gasteiger partial charge in [0.15, 0.2) is 0 Å². The van der Waals surface area contributed by atoms with Crippen molar-refractivity contribution in [3.8, 4) is 0 Å². The van der Waals surface area contributed by atoms with E-state index in [2.05, 4.69) is 15.0 Å². The van der Waals surface area contributed by atoms with Crippen LogP contribution in [0.2, 0.25) is 0 Å². The van der Waals surface area contributed by atoms with E-state index in [9.17, 15) is 4.79 Å². The second-order valence-electron chi connectivity index (χ2n) is 2.78. The van der Waals surface area contributed by atoms with E-state index in [-0.39, 0.29) is 6.42 Å². The third-order valence-electron chi connectivity index (χ3n) is 1.70. The van der Waals surface area contributed by atoms with E-state index in [0.29, 0.717) is 11.2 Å². The average molecular weight is 209 g/mol. The first kappa shape index (κ1) is 9.01. The van der Waals surface area contributed by atoms with Crippen molar-refractivity contribution in [1.29, 1.82) is 0 Å². The van der Waals surface area contributed by atoms with Crippen molar-refractivity contribution in [2.24, 2.45) is 0 Å². The molecule has 0 saturated heterocycles. The van der Waals surface area contributed by atoms with Crippen molar-refractivity contribution in [3.63, 3.8) is 0 Å². The van der Waals surface area contributed by atoms with Gasteiger partial charge in [-0.05, 0) is 6.92 Å². The number of nitrogens with zero attached hydrogens (tertiary/aromatic N) is 3. The van der Waals surface area contributed by atoms with E-state index >= 15 is 0 Å². The molecule has 0 aliphatic rings. The van der Waals surface area contributed by atoms with Crippen LogP contribution in [0.3, 0.4) is 0 Å². The largest absolute Gasteiger partial charge is 0.481 e. The highest BCUT2D eigenvalue weighted by molar-refractivity contribution is 7.18. The molecule has 0 unspecified atom stereocenters. The molecule has 0 bridgehead atoms. The number of aliphatic carboxylic acids is 1. The first-order valence-corrected chi connectivity index (χ1v) is 4.77. The van der Waals surface area contributed by atoms with Crippen LogP contribution in [0.1, 0.15) is 10.7 Å². The summed E-state index contributed by atoms with van der Waals surface area (Å²) in [5.41, 5.74) is 1.09. The Bertz CT molecular complexity index is 494. The highest BCUT2D eigenvalue weighted by Crippen LogP contribution is 2.20. The Morgan fingerprint density at radius 1 is 1.57 bits per heavy atom. The molecule has 5 nitrogen and oxygen atoms in total. The summed E-state index contributed by atoms with van der Waals surface area (Å²) in [7, 11) is 0. The van der Waals surface area contributed by atoms with Gasteiger partial charge in [-0.2, -0.15) is 0 Å². The number of fused-ring (bicyclic) bond motifs is 1. The molecule has 0 aliphatic heterocycles. The number of carboxylic acid groups (broad SMARTS) is 1. The van der Waals surface area contributed by atoms with Gasteiger partial charge in [-0.25, -0.2) is 15.0 Å². The van der Waals surface area contributed by atoms with Gasteiger partial charge in [0, 0.05) is 0 Å². The molecule has 0 aliphatic carbocycles. The Hall–Kier alpha value is -1.56. The number of hydrogen-bond donors (Lipinski definition) is 1. The number of rotatable bonds is 2. The SMILES string of the molecule is Cc1nc2c(CC(=O)O)ncnc2s1. The summed E-state index contributed by atoms with van der Waals surface area (Å²) in [5, 5.41) is 9.52. The molecule has 0 radical (unpaired) electrons. The summed E-state index contributed by atoms with van der Waals surface area (Å²) in [4.78, 5) is 23.4. The van der Waals surface area contributed by atoms with Crippen LogP contribution >= 0.6 is 11.3 Å². The van der Waals surface area contributed by atoms with Crippen LogP contribution in [-0.2, 0) is 11.2 Å². The molecule has 14 heavy (non-hydrogen) atoms. The topological polar surface area (TPSA) is 76.0 Å². The fourth-order valence-electron chi connectivity index (χ4n) is 1.18. The standard InChI is InChI=1S/C8H7N3O2S/c1-4-11-7-5(2-6(12)13)9-3-10-8(7)14-4/h3H,2H2,1H3,(H,12,13). The summed E-state index contributed by atoms with van der Waals surface area (Å²) in [5.74, 6) is -0.907. The highest BCUT2D eigenvalue weighted by atomic mass is 32.1. The maximum absolute atomic E-state index is 10.5. The lowest BCUT2D eigenvalue weighted by molar-refractivity contribution is -0.136. The Morgan fingerprint density at radius 3 is 3.07 bits per heavy atom. The van der Waals surface area contributed by atoms with Crippen molar-refractivity contribution in [2.45, 2.75) is 13.3 Å². The fourth-order valence-corrected chi connectivity index (χ4v) is 1.95. The van der Waals surface area contributed by atoms with Gasteiger partial charge in [-0.15, -0.1) is 0 Å². The Balaban J connectivity index is 2.58. The van der Waals surface area contributed by atoms with Gasteiger partial charge in [0.05, 0.1) is 17.1 Å². The molecular weight excluding hydrogens is 202 g/mol. The molecule has 6 heteroatoms. The normalized spacial score (nSPS) is 10.6. The first-order chi connectivity index (χ1) is 6.66. The van der Waals surface area contributed by atoms with Crippen molar-refractivity contribution in [2.75, 3.05) is 0 Å². The predicted octanol–water partition coefficient (Wildman–Crippen LogP) is 1.02. The molecule has 1 N–H and O–H groups in total. The van der Waals surface area contributed by atoms with Crippen LogP contribution < -0.4 is 0 Å². The van der Waals surface area contributed by atoms with E-state index < -0.39 is 5.97 Å². The summed E-state index contributed by atoms with van der Waals surface area (Å²) in [6.07, 6.45) is 1.26. The van der Waals surface area contributed by atoms with Gasteiger partial charge in [0.25, 0.3) is 0 Å². The zero-order chi connectivity index (χ0) is 10.1. The molecule has 0 amide bonds. The maximum atomic E-state index is 10.5. The van der Waals surface area contributed by atoms with Crippen LogP contribution in [-0.4, -0.2) is 26.0 Å². The first-order valence-electron chi connectivity index (χ1n) is 3.95. The van der Waals surface area contributed by atoms with Gasteiger partial charge in [-0.3, -0.25) is 4.79 Å². The van der Waals surface area contributed by atoms with E-state index in [0.717, 1.165) is 9.84 Å². The van der Waals surface area contributed by atoms with E-state index in [1.807, 2.05) is 6.92 Å². The predicted molar refractivity (Wildman–Crippen MR) is 51.3 cm³/mol. The molecule has 0 aromatic carbocycles. The van der Waals surface area contributed by atoms with Crippen LogP contribution in [0.25, 0.3) is 10.3 Å². The van der Waals surface area contributed by atoms with Gasteiger partial charge >= 0.3 is 5.97 Å². The second-order valence-corrected chi connectivity index (χ2v) is 3.96. The minimum Gasteiger partial charge on any atom is -0.481 e. The minimum absolute atomic E-state index is 0.109. The van der Waals surface area contributed by atoms with E-state index in [1.54, 1.807) is 0 Å². The summed E-state index contributed by atoms with van der Waals surface area (Å²) in [6, 6.07) is 0. The molecule has 0 fully saturated rings. The Labute approximate surface area is 83.5 Å². The monoisotopic (exact) mass is 209 g/mol. The molecule has 2 aromatic heterocycles. The fraction of sp³-hybridized carbons (Fsp3) is 0.250. The molecule has 0 saturated carbocycles. The van der Waals surface area contributed by atoms with Crippen LogP contribution in [0.15, 0.2) is 6.33 Å². The molecule has 72 valence electrons. The quantitative estimate of drug-likeness (QED) is 0.799. The molecule has 0 spiro atoms. The van der Waals surface area contributed by atoms with Crippen molar-refractivity contribution in [1.82, 2.24) is 15.0 Å². The smallest absolute Gasteiger partial charge is 0.309 e. The second kappa shape index (κ2) is 3.30. The average Bonchev–Trinajstić information content (AvgIpc) is 2.45. The van der Waals surface area contributed by atoms with Crippen LogP contribution in [0, 0.1) is 6.92 Å². The third kappa shape index (κ3) is 1.56. The van der Waals surface area contributed by atoms with Crippen molar-refractivity contribution < 1.29 is 9.90 Å². The van der Waals surface area contributed by atoms with Gasteiger partial charge in [-0.1, -0.05) is 11.3 Å². The lowest BCUT2D eigenvalue weighted by Gasteiger charge is -1.95. The number of aromatic nitrogens is 3. The van der Waals surface area contributed by atoms with Crippen molar-refractivity contribution in [3.05, 3.63) is 17.0 Å². The summed E-state index contributed by atoms with van der Waals surface area (Å²) in [6.45, 7) is 1.86. The van der Waals surface area contributed by atoms with E-state index in [1.165, 1.54) is 17.7 Å². The summed E-state index contributed by atoms with van der Waals surface area (Å²) >= 11 is 1.44. The summed E-state index contributed by atoms with van der Waals surface area (Å²) < 4.78 is 0. The third-order valence-corrected chi connectivity index (χ3v) is 2.58. The Morgan fingerprint density at radius 2 is 2.36 bits per heavy atom. The molecule has 2 heterocycles. The molecule has 2 aromatic rings. The van der Waals surface area contributed by atoms with Gasteiger partial charge in [0.1, 0.15) is 16.7 Å². The number of aryl methyl sites for hydroxylation is 1. The molecular formula is C8H7N3O2S. The van der Waals surface area contributed by atoms with Crippen LogP contribution in [0.4, 0.5) is 0 Å². The number of carboxylic acids is 1. The maximum Gasteiger partial charge on any atom is 0.309 e. The zero-order valence-corrected chi connectivity index (χ0v) is 8.21. The van der Waals surface area contributed by atoms with Crippen molar-refractivity contribution >= 4 is 27.7 Å². The van der Waals surface area contributed by atoms with Gasteiger partial charge in [0.2, 0.25) is 0 Å². The van der Waals surface area contributed by atoms with E-state index in [4.69, 9.17) is 5.11 Å². The number of carbonyl (C=O) groups is 1. The molecule has 0 atom stereocenters. The number of hydrogen-bond acceptors (Lipinski definition) is 5. The highest BCUT2D eigenvalue weighted by Gasteiger charge is 2.10. The number of thiazole rings is 1. The minimum atomic E-state index is -0.907. The van der Waals surface area contributed by atoms with Crippen LogP contribution in [0.5, 0.6) is 0 Å². The Kier molecular flexibility index (Phi) is 2.12. The lowest BCUT2D eigenvalue weighted by atomic mass is 10.3. The molecule has 2 rings (SSSR count). The zero-order valence-electron chi connectivity index (χ0n) is 7.39. The van der Waals surface area contributed by atoms with Gasteiger partial charge < -0.3 is 5.11 Å².